The average Bonchev–Trinajstić information content (AvgIpc) is 2.67. The molecule has 3 rings (SSSR count). The van der Waals surface area contributed by atoms with Gasteiger partial charge in [0, 0.05) is 6.54 Å². The summed E-state index contributed by atoms with van der Waals surface area (Å²) in [5, 5.41) is 3.64. The molecule has 26 heavy (non-hydrogen) atoms. The molecule has 1 aliphatic heterocycles. The first kappa shape index (κ1) is 18.2. The van der Waals surface area contributed by atoms with Crippen molar-refractivity contribution < 1.29 is 14.2 Å². The molecule has 0 aliphatic carbocycles. The van der Waals surface area contributed by atoms with Crippen LogP contribution in [0.4, 0.5) is 0 Å². The Bertz CT molecular complexity index is 778. The molecule has 2 aromatic carbocycles. The highest BCUT2D eigenvalue weighted by Gasteiger charge is 2.16. The van der Waals surface area contributed by atoms with Gasteiger partial charge in [0.15, 0.2) is 17.5 Å². The van der Waals surface area contributed by atoms with Crippen LogP contribution in [0.1, 0.15) is 11.1 Å². The van der Waals surface area contributed by atoms with Crippen LogP contribution in [0.15, 0.2) is 41.4 Å². The van der Waals surface area contributed by atoms with Crippen molar-refractivity contribution in [2.45, 2.75) is 13.0 Å². The first-order valence-corrected chi connectivity index (χ1v) is 8.78. The lowest BCUT2D eigenvalue weighted by molar-refractivity contribution is 0.171. The molecule has 3 N–H and O–H groups in total. The quantitative estimate of drug-likeness (QED) is 0.599. The number of nitrogens with zero attached hydrogens (tertiary/aromatic N) is 1. The SMILES string of the molecule is COc1ccc(CCNC(N)=NCc2cc(Cl)c3c(c2)OCCO3)cc1. The maximum absolute atomic E-state index is 6.23. The number of benzene rings is 2. The number of fused-ring (bicyclic) bond motifs is 1. The number of nitrogens with two attached hydrogens (primary N) is 1. The van der Waals surface area contributed by atoms with Gasteiger partial charge in [-0.1, -0.05) is 23.7 Å². The normalized spacial score (nSPS) is 13.4. The molecular formula is C19H22ClN3O3. The molecule has 0 saturated heterocycles. The first-order chi connectivity index (χ1) is 12.7. The van der Waals surface area contributed by atoms with E-state index in [0.717, 1.165) is 17.7 Å². The standard InChI is InChI=1S/C19H22ClN3O3/c1-24-15-4-2-13(3-5-15)6-7-22-19(21)23-12-14-10-16(20)18-17(11-14)25-8-9-26-18/h2-5,10-11H,6-9,12H2,1H3,(H3,21,22,23). The number of nitrogens with one attached hydrogen (secondary N) is 1. The van der Waals surface area contributed by atoms with Crippen LogP contribution in [-0.2, 0) is 13.0 Å². The topological polar surface area (TPSA) is 78.1 Å². The lowest BCUT2D eigenvalue weighted by Crippen LogP contribution is -2.33. The second kappa shape index (κ2) is 8.67. The number of hydrogen-bond donors (Lipinski definition) is 2. The maximum Gasteiger partial charge on any atom is 0.188 e. The molecule has 0 aromatic heterocycles. The summed E-state index contributed by atoms with van der Waals surface area (Å²) in [6, 6.07) is 11.7. The Labute approximate surface area is 157 Å². The minimum atomic E-state index is 0.393. The number of halogens is 1. The Balaban J connectivity index is 1.51. The predicted molar refractivity (Wildman–Crippen MR) is 102 cm³/mol. The van der Waals surface area contributed by atoms with Gasteiger partial charge in [-0.2, -0.15) is 0 Å². The smallest absolute Gasteiger partial charge is 0.188 e. The molecule has 0 atom stereocenters. The number of ether oxygens (including phenoxy) is 3. The summed E-state index contributed by atoms with van der Waals surface area (Å²) in [5.41, 5.74) is 8.05. The van der Waals surface area contributed by atoms with Crippen LogP contribution in [0.5, 0.6) is 17.2 Å². The Kier molecular flexibility index (Phi) is 6.07. The van der Waals surface area contributed by atoms with E-state index in [4.69, 9.17) is 31.5 Å². The van der Waals surface area contributed by atoms with E-state index >= 15 is 0 Å². The summed E-state index contributed by atoms with van der Waals surface area (Å²) in [6.45, 7) is 2.14. The third-order valence-electron chi connectivity index (χ3n) is 3.97. The van der Waals surface area contributed by atoms with E-state index in [1.54, 1.807) is 7.11 Å². The Morgan fingerprint density at radius 3 is 2.73 bits per heavy atom. The van der Waals surface area contributed by atoms with Crippen molar-refractivity contribution in [3.63, 3.8) is 0 Å². The van der Waals surface area contributed by atoms with Gasteiger partial charge in [0.1, 0.15) is 19.0 Å². The number of methoxy groups -OCH3 is 1. The molecule has 138 valence electrons. The zero-order valence-corrected chi connectivity index (χ0v) is 15.4. The highest BCUT2D eigenvalue weighted by atomic mass is 35.5. The predicted octanol–water partition coefficient (Wildman–Crippen LogP) is 2.77. The minimum absolute atomic E-state index is 0.393. The molecule has 1 aliphatic rings. The molecule has 0 amide bonds. The van der Waals surface area contributed by atoms with Crippen LogP contribution < -0.4 is 25.3 Å². The van der Waals surface area contributed by atoms with Crippen molar-refractivity contribution >= 4 is 17.6 Å². The molecule has 6 nitrogen and oxygen atoms in total. The van der Waals surface area contributed by atoms with Crippen LogP contribution in [0.25, 0.3) is 0 Å². The summed E-state index contributed by atoms with van der Waals surface area (Å²) in [5.74, 6) is 2.49. The first-order valence-electron chi connectivity index (χ1n) is 8.40. The molecule has 0 spiro atoms. The molecule has 7 heteroatoms. The second-order valence-electron chi connectivity index (χ2n) is 5.83. The van der Waals surface area contributed by atoms with E-state index in [1.165, 1.54) is 5.56 Å². The second-order valence-corrected chi connectivity index (χ2v) is 6.24. The van der Waals surface area contributed by atoms with Crippen LogP contribution in [0, 0.1) is 0 Å². The number of rotatable bonds is 6. The average molecular weight is 376 g/mol. The highest BCUT2D eigenvalue weighted by molar-refractivity contribution is 6.32. The van der Waals surface area contributed by atoms with Crippen molar-refractivity contribution in [1.82, 2.24) is 5.32 Å². The van der Waals surface area contributed by atoms with Gasteiger partial charge in [0.05, 0.1) is 18.7 Å². The third kappa shape index (κ3) is 4.73. The van der Waals surface area contributed by atoms with E-state index in [9.17, 15) is 0 Å². The fraction of sp³-hybridized carbons (Fsp3) is 0.316. The van der Waals surface area contributed by atoms with Crippen LogP contribution in [0.2, 0.25) is 5.02 Å². The highest BCUT2D eigenvalue weighted by Crippen LogP contribution is 2.38. The molecule has 0 fully saturated rings. The summed E-state index contributed by atoms with van der Waals surface area (Å²) < 4.78 is 16.2. The van der Waals surface area contributed by atoms with Gasteiger partial charge in [-0.05, 0) is 41.8 Å². The fourth-order valence-electron chi connectivity index (χ4n) is 2.62. The monoisotopic (exact) mass is 375 g/mol. The van der Waals surface area contributed by atoms with Gasteiger partial charge in [0.25, 0.3) is 0 Å². The Morgan fingerprint density at radius 1 is 1.19 bits per heavy atom. The van der Waals surface area contributed by atoms with E-state index in [2.05, 4.69) is 10.3 Å². The van der Waals surface area contributed by atoms with Crippen LogP contribution in [-0.4, -0.2) is 32.8 Å². The number of guanidine groups is 1. The van der Waals surface area contributed by atoms with Crippen molar-refractivity contribution in [3.05, 3.63) is 52.5 Å². The molecule has 0 bridgehead atoms. The van der Waals surface area contributed by atoms with Crippen LogP contribution >= 0.6 is 11.6 Å². The van der Waals surface area contributed by atoms with Crippen molar-refractivity contribution in [1.29, 1.82) is 0 Å². The number of hydrogen-bond acceptors (Lipinski definition) is 4. The Morgan fingerprint density at radius 2 is 1.96 bits per heavy atom. The maximum atomic E-state index is 6.23. The molecule has 1 heterocycles. The summed E-state index contributed by atoms with van der Waals surface area (Å²) in [6.07, 6.45) is 0.843. The molecule has 0 radical (unpaired) electrons. The lowest BCUT2D eigenvalue weighted by atomic mass is 10.1. The number of aliphatic imine (C=N–C) groups is 1. The summed E-state index contributed by atoms with van der Waals surface area (Å²) in [4.78, 5) is 4.35. The minimum Gasteiger partial charge on any atom is -0.497 e. The van der Waals surface area contributed by atoms with Gasteiger partial charge in [-0.25, -0.2) is 4.99 Å². The van der Waals surface area contributed by atoms with Crippen LogP contribution in [0.3, 0.4) is 0 Å². The van der Waals surface area contributed by atoms with Crippen molar-refractivity contribution in [2.24, 2.45) is 10.7 Å². The third-order valence-corrected chi connectivity index (χ3v) is 4.25. The van der Waals surface area contributed by atoms with Crippen molar-refractivity contribution in [2.75, 3.05) is 26.9 Å². The summed E-state index contributed by atoms with van der Waals surface area (Å²) in [7, 11) is 1.66. The van der Waals surface area contributed by atoms with Crippen molar-refractivity contribution in [3.8, 4) is 17.2 Å². The Hall–Kier alpha value is -2.60. The van der Waals surface area contributed by atoms with Gasteiger partial charge >= 0.3 is 0 Å². The van der Waals surface area contributed by atoms with Gasteiger partial charge in [-0.15, -0.1) is 0 Å². The molecule has 2 aromatic rings. The molecule has 0 unspecified atom stereocenters. The zero-order chi connectivity index (χ0) is 18.4. The zero-order valence-electron chi connectivity index (χ0n) is 14.6. The summed E-state index contributed by atoms with van der Waals surface area (Å²) >= 11 is 6.23. The van der Waals surface area contributed by atoms with E-state index in [1.807, 2.05) is 36.4 Å². The molecular weight excluding hydrogens is 354 g/mol. The van der Waals surface area contributed by atoms with Gasteiger partial charge in [0.2, 0.25) is 0 Å². The van der Waals surface area contributed by atoms with E-state index in [-0.39, 0.29) is 0 Å². The molecule has 0 saturated carbocycles. The lowest BCUT2D eigenvalue weighted by Gasteiger charge is -2.20. The van der Waals surface area contributed by atoms with Gasteiger partial charge < -0.3 is 25.3 Å². The van der Waals surface area contributed by atoms with E-state index < -0.39 is 0 Å². The van der Waals surface area contributed by atoms with E-state index in [0.29, 0.717) is 48.8 Å². The fourth-order valence-corrected chi connectivity index (χ4v) is 2.90. The van der Waals surface area contributed by atoms with Gasteiger partial charge in [-0.3, -0.25) is 0 Å². The largest absolute Gasteiger partial charge is 0.497 e.